The molecule has 4 saturated carbocycles. The Bertz CT molecular complexity index is 290. The summed E-state index contributed by atoms with van der Waals surface area (Å²) in [6, 6.07) is 0. The second-order valence-corrected chi connectivity index (χ2v) is 7.39. The summed E-state index contributed by atoms with van der Waals surface area (Å²) < 4.78 is 0. The monoisotopic (exact) mass is 218 g/mol. The fraction of sp³-hybridized carbons (Fsp3) is 1.00. The van der Waals surface area contributed by atoms with Gasteiger partial charge in [0.25, 0.3) is 0 Å². The summed E-state index contributed by atoms with van der Waals surface area (Å²) in [5, 5.41) is 0. The lowest BCUT2D eigenvalue weighted by atomic mass is 9.48. The Kier molecular flexibility index (Phi) is 2.04. The molecule has 16 heavy (non-hydrogen) atoms. The highest BCUT2D eigenvalue weighted by atomic mass is 14.7. The van der Waals surface area contributed by atoms with Crippen LogP contribution in [0.25, 0.3) is 0 Å². The molecule has 0 radical (unpaired) electrons. The average Bonchev–Trinajstić information content (AvgIpc) is 2.66. The maximum atomic E-state index is 2.42. The van der Waals surface area contributed by atoms with Crippen molar-refractivity contribution in [3.05, 3.63) is 0 Å². The van der Waals surface area contributed by atoms with E-state index in [9.17, 15) is 0 Å². The molecule has 0 aliphatic heterocycles. The Hall–Kier alpha value is 0. The molecule has 0 saturated heterocycles. The van der Waals surface area contributed by atoms with E-state index in [4.69, 9.17) is 0 Å². The molecule has 0 N–H and O–H groups in total. The van der Waals surface area contributed by atoms with Gasteiger partial charge in [0, 0.05) is 0 Å². The van der Waals surface area contributed by atoms with Crippen molar-refractivity contribution in [2.45, 2.75) is 64.7 Å². The lowest BCUT2D eigenvalue weighted by Crippen LogP contribution is -2.50. The van der Waals surface area contributed by atoms with Crippen molar-refractivity contribution in [1.82, 2.24) is 0 Å². The maximum Gasteiger partial charge on any atom is -0.0233 e. The first-order valence-corrected chi connectivity index (χ1v) is 7.83. The minimum Gasteiger partial charge on any atom is -0.0651 e. The van der Waals surface area contributed by atoms with Gasteiger partial charge in [-0.15, -0.1) is 0 Å². The van der Waals surface area contributed by atoms with Crippen LogP contribution < -0.4 is 0 Å². The smallest absolute Gasteiger partial charge is 0.0233 e. The number of hydrogen-bond donors (Lipinski definition) is 0. The fourth-order valence-electron chi connectivity index (χ4n) is 6.09. The highest BCUT2D eigenvalue weighted by Crippen LogP contribution is 2.73. The van der Waals surface area contributed by atoms with Gasteiger partial charge in [0.1, 0.15) is 0 Å². The van der Waals surface area contributed by atoms with Crippen molar-refractivity contribution in [2.24, 2.45) is 35.0 Å². The molecule has 0 amide bonds. The molecule has 4 fully saturated rings. The Balaban J connectivity index is 1.52. The van der Waals surface area contributed by atoms with E-state index in [2.05, 4.69) is 6.92 Å². The van der Waals surface area contributed by atoms with E-state index in [-0.39, 0.29) is 0 Å². The Labute approximate surface area is 100 Å². The van der Waals surface area contributed by atoms with Crippen LogP contribution in [-0.2, 0) is 0 Å². The van der Waals surface area contributed by atoms with Crippen LogP contribution in [0.2, 0.25) is 0 Å². The van der Waals surface area contributed by atoms with Gasteiger partial charge in [0.05, 0.1) is 0 Å². The predicted octanol–water partition coefficient (Wildman–Crippen LogP) is 4.64. The molecule has 1 spiro atoms. The molecule has 4 aliphatic rings. The van der Waals surface area contributed by atoms with Crippen molar-refractivity contribution in [3.8, 4) is 0 Å². The van der Waals surface area contributed by atoms with Gasteiger partial charge in [-0.3, -0.25) is 0 Å². The van der Waals surface area contributed by atoms with E-state index in [1.54, 1.807) is 51.4 Å². The number of hydrogen-bond acceptors (Lipinski definition) is 0. The van der Waals surface area contributed by atoms with Gasteiger partial charge < -0.3 is 0 Å². The minimum atomic E-state index is 0.904. The molecule has 0 aromatic heterocycles. The largest absolute Gasteiger partial charge is 0.0651 e. The van der Waals surface area contributed by atoms with Crippen molar-refractivity contribution < 1.29 is 0 Å². The van der Waals surface area contributed by atoms with Gasteiger partial charge in [0.15, 0.2) is 0 Å². The quantitative estimate of drug-likeness (QED) is 0.633. The van der Waals surface area contributed by atoms with Crippen LogP contribution in [0.15, 0.2) is 0 Å². The van der Waals surface area contributed by atoms with Crippen molar-refractivity contribution in [1.29, 1.82) is 0 Å². The van der Waals surface area contributed by atoms with E-state index in [0.717, 1.165) is 11.3 Å². The molecule has 0 heterocycles. The molecule has 0 heteroatoms. The summed E-state index contributed by atoms with van der Waals surface area (Å²) in [5.41, 5.74) is 0.904. The van der Waals surface area contributed by atoms with Gasteiger partial charge in [-0.1, -0.05) is 32.6 Å². The minimum absolute atomic E-state index is 0.904. The first kappa shape index (κ1) is 9.97. The first-order chi connectivity index (χ1) is 7.83. The molecule has 0 aromatic carbocycles. The van der Waals surface area contributed by atoms with E-state index >= 15 is 0 Å². The normalized spacial score (nSPS) is 55.3. The molecule has 0 aromatic rings. The van der Waals surface area contributed by atoms with Crippen LogP contribution in [0.3, 0.4) is 0 Å². The van der Waals surface area contributed by atoms with E-state index in [1.807, 2.05) is 0 Å². The Morgan fingerprint density at radius 1 is 1.06 bits per heavy atom. The Morgan fingerprint density at radius 3 is 2.62 bits per heavy atom. The van der Waals surface area contributed by atoms with Crippen molar-refractivity contribution in [3.63, 3.8) is 0 Å². The lowest BCUT2D eigenvalue weighted by Gasteiger charge is -2.57. The summed E-state index contributed by atoms with van der Waals surface area (Å²) in [4.78, 5) is 0. The highest BCUT2D eigenvalue weighted by molar-refractivity contribution is 5.14. The summed E-state index contributed by atoms with van der Waals surface area (Å²) in [6.07, 6.45) is 14.3. The molecular weight excluding hydrogens is 192 g/mol. The molecule has 5 unspecified atom stereocenters. The summed E-state index contributed by atoms with van der Waals surface area (Å²) in [5.74, 6) is 5.83. The van der Waals surface area contributed by atoms with Crippen molar-refractivity contribution >= 4 is 0 Å². The Morgan fingerprint density at radius 2 is 1.94 bits per heavy atom. The molecule has 90 valence electrons. The van der Waals surface area contributed by atoms with Crippen LogP contribution >= 0.6 is 0 Å². The highest BCUT2D eigenvalue weighted by Gasteiger charge is 2.65. The predicted molar refractivity (Wildman–Crippen MR) is 67.1 cm³/mol. The first-order valence-electron chi connectivity index (χ1n) is 7.83. The van der Waals surface area contributed by atoms with Gasteiger partial charge in [-0.2, -0.15) is 0 Å². The molecule has 4 rings (SSSR count). The van der Waals surface area contributed by atoms with Crippen LogP contribution in [0.5, 0.6) is 0 Å². The maximum absolute atomic E-state index is 2.42. The second-order valence-electron chi connectivity index (χ2n) is 7.39. The van der Waals surface area contributed by atoms with Gasteiger partial charge in [-0.05, 0) is 67.1 Å². The third-order valence-electron chi connectivity index (χ3n) is 7.13. The number of rotatable bonds is 2. The summed E-state index contributed by atoms with van der Waals surface area (Å²) in [6.45, 7) is 2.42. The van der Waals surface area contributed by atoms with E-state index in [1.165, 1.54) is 30.1 Å². The standard InChI is InChI=1S/C16H26/c1-2-11-8-13-6-7-15-14(12-4-3-5-12)10-16(13,15)9-11/h11-15H,2-10H2,1H3. The third-order valence-corrected chi connectivity index (χ3v) is 7.13. The van der Waals surface area contributed by atoms with E-state index < -0.39 is 0 Å². The fourth-order valence-corrected chi connectivity index (χ4v) is 6.09. The second kappa shape index (κ2) is 3.27. The zero-order valence-electron chi connectivity index (χ0n) is 10.8. The zero-order chi connectivity index (χ0) is 10.8. The zero-order valence-corrected chi connectivity index (χ0v) is 10.8. The molecule has 5 atom stereocenters. The lowest BCUT2D eigenvalue weighted by molar-refractivity contribution is -0.0831. The SMILES string of the molecule is CCC1CC2CCC3C(C4CCC4)CC23C1. The average molecular weight is 218 g/mol. The van der Waals surface area contributed by atoms with Crippen molar-refractivity contribution in [2.75, 3.05) is 0 Å². The molecule has 4 aliphatic carbocycles. The van der Waals surface area contributed by atoms with Crippen LogP contribution in [0.4, 0.5) is 0 Å². The van der Waals surface area contributed by atoms with Crippen LogP contribution in [-0.4, -0.2) is 0 Å². The van der Waals surface area contributed by atoms with Gasteiger partial charge in [0.2, 0.25) is 0 Å². The van der Waals surface area contributed by atoms with Crippen LogP contribution in [0.1, 0.15) is 64.7 Å². The van der Waals surface area contributed by atoms with E-state index in [0.29, 0.717) is 0 Å². The van der Waals surface area contributed by atoms with Gasteiger partial charge in [-0.25, -0.2) is 0 Å². The van der Waals surface area contributed by atoms with Crippen LogP contribution in [0, 0.1) is 35.0 Å². The topological polar surface area (TPSA) is 0 Å². The molecular formula is C16H26. The summed E-state index contributed by atoms with van der Waals surface area (Å²) >= 11 is 0. The molecule has 0 nitrogen and oxygen atoms in total. The third kappa shape index (κ3) is 1.07. The van der Waals surface area contributed by atoms with Gasteiger partial charge >= 0.3 is 0 Å². The molecule has 0 bridgehead atoms. The summed E-state index contributed by atoms with van der Waals surface area (Å²) in [7, 11) is 0.